The first-order valence-electron chi connectivity index (χ1n) is 17.2. The molecule has 3 saturated heterocycles. The summed E-state index contributed by atoms with van der Waals surface area (Å²) in [4.78, 5) is 45.9. The number of hydrogen-bond donors (Lipinski definition) is 1. The Kier molecular flexibility index (Phi) is 7.73. The number of piperidine rings is 1. The summed E-state index contributed by atoms with van der Waals surface area (Å²) < 4.78 is 8.13. The van der Waals surface area contributed by atoms with E-state index in [0.717, 1.165) is 73.9 Å². The number of anilines is 3. The molecule has 8 rings (SSSR count). The first-order valence-corrected chi connectivity index (χ1v) is 17.2. The summed E-state index contributed by atoms with van der Waals surface area (Å²) >= 11 is 0. The maximum Gasteiger partial charge on any atom is 0.263 e. The minimum Gasteiger partial charge on any atom is -0.489 e. The average molecular weight is 627 g/mol. The molecular weight excluding hydrogens is 580 g/mol. The lowest BCUT2D eigenvalue weighted by Crippen LogP contribution is -2.63. The Labute approximate surface area is 270 Å². The normalized spacial score (nSPS) is 23.6. The van der Waals surface area contributed by atoms with Crippen LogP contribution in [-0.4, -0.2) is 113 Å². The number of carbonyl (C=O) groups excluding carboxylic acids is 1. The Morgan fingerprint density at radius 2 is 1.72 bits per heavy atom. The van der Waals surface area contributed by atoms with Crippen LogP contribution < -0.4 is 20.5 Å². The number of hydrogen-bond acceptors (Lipinski definition) is 10. The fourth-order valence-electron chi connectivity index (χ4n) is 8.75. The number of ketones is 1. The minimum absolute atomic E-state index is 0.0458. The van der Waals surface area contributed by atoms with E-state index >= 15 is 0 Å². The fourth-order valence-corrected chi connectivity index (χ4v) is 8.75. The summed E-state index contributed by atoms with van der Waals surface area (Å²) in [6.45, 7) is 12.0. The molecule has 11 nitrogen and oxygen atoms in total. The maximum atomic E-state index is 13.6. The van der Waals surface area contributed by atoms with Gasteiger partial charge in [-0.15, -0.1) is 0 Å². The number of carbonyl (C=O) groups is 1. The molecule has 0 radical (unpaired) electrons. The zero-order valence-corrected chi connectivity index (χ0v) is 27.4. The Morgan fingerprint density at radius 1 is 0.935 bits per heavy atom. The Hall–Kier alpha value is -3.54. The molecule has 46 heavy (non-hydrogen) atoms. The van der Waals surface area contributed by atoms with Crippen molar-refractivity contribution in [2.75, 3.05) is 69.7 Å². The van der Waals surface area contributed by atoms with Gasteiger partial charge in [-0.1, -0.05) is 12.8 Å². The highest BCUT2D eigenvalue weighted by Gasteiger charge is 2.38. The minimum atomic E-state index is -0.238. The number of likely N-dealkylation sites (N-methyl/N-ethyl adjacent to an activating group) is 1. The largest absolute Gasteiger partial charge is 0.489 e. The maximum absolute atomic E-state index is 13.6. The van der Waals surface area contributed by atoms with Crippen molar-refractivity contribution < 1.29 is 9.53 Å². The topological polar surface area (TPSA) is 99.1 Å². The smallest absolute Gasteiger partial charge is 0.263 e. The van der Waals surface area contributed by atoms with E-state index in [-0.39, 0.29) is 22.9 Å². The van der Waals surface area contributed by atoms with Crippen molar-refractivity contribution >= 4 is 34.1 Å². The van der Waals surface area contributed by atoms with Gasteiger partial charge >= 0.3 is 0 Å². The van der Waals surface area contributed by atoms with Crippen molar-refractivity contribution in [1.29, 1.82) is 0 Å². The second kappa shape index (κ2) is 11.9. The van der Waals surface area contributed by atoms with Gasteiger partial charge < -0.3 is 19.9 Å². The average Bonchev–Trinajstić information content (AvgIpc) is 3.57. The zero-order valence-electron chi connectivity index (χ0n) is 27.4. The van der Waals surface area contributed by atoms with Crippen LogP contribution in [0.1, 0.15) is 67.4 Å². The van der Waals surface area contributed by atoms with Crippen molar-refractivity contribution in [3.05, 3.63) is 45.9 Å². The summed E-state index contributed by atoms with van der Waals surface area (Å²) in [5, 5.41) is 4.11. The Morgan fingerprint density at radius 3 is 2.46 bits per heavy atom. The molecule has 3 aromatic rings. The summed E-state index contributed by atoms with van der Waals surface area (Å²) in [7, 11) is 2.22. The number of likely N-dealkylation sites (tertiary alicyclic amines) is 2. The number of ether oxygens (including phenoxy) is 1. The number of piperazine rings is 1. The summed E-state index contributed by atoms with van der Waals surface area (Å²) in [6.07, 6.45) is 8.25. The number of aryl methyl sites for hydroxylation is 1. The SMILES string of the molecule is CC(=O)c1c(C)c2cnc(Nc3ccc4c(c3)OC[C@@H]3CN(C5CCN(C6CN(C)C6)CC5)CCN43)nc2n(C2CCCC2)c1=O. The van der Waals surface area contributed by atoms with E-state index in [1.807, 2.05) is 13.0 Å². The number of fused-ring (bicyclic) bond motifs is 4. The van der Waals surface area contributed by atoms with Gasteiger partial charge in [0.05, 0.1) is 17.3 Å². The van der Waals surface area contributed by atoms with Gasteiger partial charge in [0, 0.05) is 87.3 Å². The zero-order chi connectivity index (χ0) is 31.5. The van der Waals surface area contributed by atoms with Gasteiger partial charge in [-0.3, -0.25) is 24.0 Å². The number of nitrogens with one attached hydrogen (secondary N) is 1. The molecule has 4 fully saturated rings. The van der Waals surface area contributed by atoms with Gasteiger partial charge in [0.25, 0.3) is 5.56 Å². The molecule has 0 unspecified atom stereocenters. The van der Waals surface area contributed by atoms with Crippen molar-refractivity contribution in [2.45, 2.75) is 76.5 Å². The fraction of sp³-hybridized carbons (Fsp3) is 0.600. The standard InChI is InChI=1S/C35H46N8O3/c1-22-29-17-36-35(38-33(29)43(26-6-4-5-7-26)34(45)32(22)23(2)44)37-24-8-9-30-31(16-24)46-21-28-20-41(14-15-42(28)30)25-10-12-40(13-11-25)27-18-39(3)19-27/h8-9,16-17,25-28H,4-7,10-15,18-21H2,1-3H3,(H,36,37,38)/t28-/m0/s1. The van der Waals surface area contributed by atoms with Gasteiger partial charge in [-0.05, 0) is 64.3 Å². The molecule has 1 aliphatic carbocycles. The van der Waals surface area contributed by atoms with Crippen LogP contribution in [-0.2, 0) is 0 Å². The highest BCUT2D eigenvalue weighted by Crippen LogP contribution is 2.39. The number of rotatable bonds is 6. The quantitative estimate of drug-likeness (QED) is 0.407. The molecule has 1 saturated carbocycles. The molecular formula is C35H46N8O3. The lowest BCUT2D eigenvalue weighted by atomic mass is 9.97. The Bertz CT molecular complexity index is 1700. The molecule has 4 aliphatic heterocycles. The molecule has 1 atom stereocenters. The van der Waals surface area contributed by atoms with E-state index in [2.05, 4.69) is 49.1 Å². The van der Waals surface area contributed by atoms with Crippen molar-refractivity contribution in [2.24, 2.45) is 0 Å². The van der Waals surface area contributed by atoms with Crippen LogP contribution in [0, 0.1) is 6.92 Å². The molecule has 0 amide bonds. The van der Waals surface area contributed by atoms with E-state index in [0.29, 0.717) is 35.8 Å². The highest BCUT2D eigenvalue weighted by atomic mass is 16.5. The third-order valence-corrected chi connectivity index (χ3v) is 11.3. The van der Waals surface area contributed by atoms with Crippen LogP contribution in [0.5, 0.6) is 5.75 Å². The molecule has 6 heterocycles. The predicted molar refractivity (Wildman–Crippen MR) is 180 cm³/mol. The number of Topliss-reactive ketones (excluding diaryl/α,β-unsaturated/α-hetero) is 1. The highest BCUT2D eigenvalue weighted by molar-refractivity contribution is 5.99. The number of pyridine rings is 1. The second-order valence-corrected chi connectivity index (χ2v) is 14.2. The molecule has 2 aromatic heterocycles. The van der Waals surface area contributed by atoms with Crippen LogP contribution in [0.2, 0.25) is 0 Å². The second-order valence-electron chi connectivity index (χ2n) is 14.2. The first-order chi connectivity index (χ1) is 22.3. The Balaban J connectivity index is 0.974. The molecule has 5 aliphatic rings. The predicted octanol–water partition coefficient (Wildman–Crippen LogP) is 3.82. The van der Waals surface area contributed by atoms with Gasteiger partial charge in [0.15, 0.2) is 5.78 Å². The molecule has 11 heteroatoms. The van der Waals surface area contributed by atoms with E-state index in [1.54, 1.807) is 10.8 Å². The van der Waals surface area contributed by atoms with Crippen LogP contribution in [0.25, 0.3) is 11.0 Å². The molecule has 0 spiro atoms. The molecule has 244 valence electrons. The van der Waals surface area contributed by atoms with Gasteiger partial charge in [-0.25, -0.2) is 4.98 Å². The van der Waals surface area contributed by atoms with Crippen LogP contribution in [0.4, 0.5) is 17.3 Å². The number of benzene rings is 1. The van der Waals surface area contributed by atoms with E-state index < -0.39 is 0 Å². The third-order valence-electron chi connectivity index (χ3n) is 11.3. The summed E-state index contributed by atoms with van der Waals surface area (Å²) in [5.74, 6) is 1.08. The van der Waals surface area contributed by atoms with E-state index in [1.165, 1.54) is 45.9 Å². The monoisotopic (exact) mass is 626 g/mol. The molecule has 0 bridgehead atoms. The number of aromatic nitrogens is 3. The lowest BCUT2D eigenvalue weighted by molar-refractivity contribution is 0.0119. The summed E-state index contributed by atoms with van der Waals surface area (Å²) in [6, 6.07) is 8.09. The van der Waals surface area contributed by atoms with E-state index in [9.17, 15) is 9.59 Å². The van der Waals surface area contributed by atoms with Crippen LogP contribution in [0.15, 0.2) is 29.2 Å². The van der Waals surface area contributed by atoms with Crippen LogP contribution in [0.3, 0.4) is 0 Å². The van der Waals surface area contributed by atoms with Crippen molar-refractivity contribution in [1.82, 2.24) is 29.2 Å². The van der Waals surface area contributed by atoms with Gasteiger partial charge in [-0.2, -0.15) is 4.98 Å². The first kappa shape index (κ1) is 29.8. The van der Waals surface area contributed by atoms with Crippen LogP contribution >= 0.6 is 0 Å². The lowest BCUT2D eigenvalue weighted by Gasteiger charge is -2.51. The van der Waals surface area contributed by atoms with Crippen molar-refractivity contribution in [3.63, 3.8) is 0 Å². The molecule has 1 N–H and O–H groups in total. The number of nitrogens with zero attached hydrogens (tertiary/aromatic N) is 7. The van der Waals surface area contributed by atoms with Gasteiger partial charge in [0.1, 0.15) is 18.0 Å². The summed E-state index contributed by atoms with van der Waals surface area (Å²) in [5.41, 5.74) is 3.24. The third kappa shape index (κ3) is 5.26. The van der Waals surface area contributed by atoms with E-state index in [4.69, 9.17) is 9.72 Å². The van der Waals surface area contributed by atoms with Crippen molar-refractivity contribution in [3.8, 4) is 5.75 Å². The van der Waals surface area contributed by atoms with Gasteiger partial charge in [0.2, 0.25) is 5.95 Å². The molecule has 1 aromatic carbocycles.